The van der Waals surface area contributed by atoms with E-state index in [-0.39, 0.29) is 0 Å². The molecule has 1 heterocycles. The van der Waals surface area contributed by atoms with Crippen molar-refractivity contribution in [2.75, 3.05) is 0 Å². The standard InChI is InChI=1S/C9H12N2/c1-2-8-6-9(11-7-8)4-3-5-10/h3-7,10-11H,2H2,1H3/b4-3-,10-5?. The van der Waals surface area contributed by atoms with Crippen LogP contribution in [0.1, 0.15) is 18.2 Å². The molecule has 2 heteroatoms. The molecule has 1 aromatic rings. The summed E-state index contributed by atoms with van der Waals surface area (Å²) in [4.78, 5) is 3.10. The topological polar surface area (TPSA) is 39.6 Å². The molecule has 0 aromatic carbocycles. The van der Waals surface area contributed by atoms with Crippen molar-refractivity contribution in [3.05, 3.63) is 29.6 Å². The van der Waals surface area contributed by atoms with E-state index in [9.17, 15) is 0 Å². The van der Waals surface area contributed by atoms with E-state index < -0.39 is 0 Å². The van der Waals surface area contributed by atoms with Gasteiger partial charge in [0.1, 0.15) is 0 Å². The van der Waals surface area contributed by atoms with Gasteiger partial charge >= 0.3 is 0 Å². The summed E-state index contributed by atoms with van der Waals surface area (Å²) in [6.07, 6.45) is 7.89. The zero-order valence-corrected chi connectivity index (χ0v) is 6.59. The van der Waals surface area contributed by atoms with Crippen molar-refractivity contribution in [1.29, 1.82) is 5.41 Å². The molecule has 58 valence electrons. The lowest BCUT2D eigenvalue weighted by atomic mass is 10.2. The summed E-state index contributed by atoms with van der Waals surface area (Å²) in [7, 11) is 0. The Labute approximate surface area is 66.5 Å². The highest BCUT2D eigenvalue weighted by molar-refractivity contribution is 5.75. The van der Waals surface area contributed by atoms with Crippen molar-refractivity contribution in [2.45, 2.75) is 13.3 Å². The van der Waals surface area contributed by atoms with Gasteiger partial charge in [-0.15, -0.1) is 0 Å². The molecule has 0 radical (unpaired) electrons. The van der Waals surface area contributed by atoms with Crippen LogP contribution in [0.4, 0.5) is 0 Å². The number of hydrogen-bond acceptors (Lipinski definition) is 1. The van der Waals surface area contributed by atoms with Gasteiger partial charge in [-0.1, -0.05) is 6.92 Å². The largest absolute Gasteiger partial charge is 0.361 e. The predicted octanol–water partition coefficient (Wildman–Crippen LogP) is 2.24. The minimum absolute atomic E-state index is 1.05. The van der Waals surface area contributed by atoms with Crippen LogP contribution in [0.15, 0.2) is 18.3 Å². The van der Waals surface area contributed by atoms with Gasteiger partial charge in [-0.25, -0.2) is 0 Å². The normalized spacial score (nSPS) is 10.6. The van der Waals surface area contributed by atoms with Crippen LogP contribution in [0, 0.1) is 5.41 Å². The number of aromatic amines is 1. The fraction of sp³-hybridized carbons (Fsp3) is 0.222. The third kappa shape index (κ3) is 2.08. The lowest BCUT2D eigenvalue weighted by Gasteiger charge is -1.81. The number of rotatable bonds is 3. The first-order chi connectivity index (χ1) is 5.36. The smallest absolute Gasteiger partial charge is 0.0383 e. The fourth-order valence-electron chi connectivity index (χ4n) is 0.911. The van der Waals surface area contributed by atoms with Crippen LogP contribution in [-0.4, -0.2) is 11.2 Å². The monoisotopic (exact) mass is 148 g/mol. The van der Waals surface area contributed by atoms with E-state index in [2.05, 4.69) is 18.0 Å². The fourth-order valence-corrected chi connectivity index (χ4v) is 0.911. The summed E-state index contributed by atoms with van der Waals surface area (Å²) < 4.78 is 0. The van der Waals surface area contributed by atoms with E-state index >= 15 is 0 Å². The Morgan fingerprint density at radius 3 is 3.00 bits per heavy atom. The summed E-state index contributed by atoms with van der Waals surface area (Å²) in [5.74, 6) is 0. The first-order valence-corrected chi connectivity index (χ1v) is 3.71. The summed E-state index contributed by atoms with van der Waals surface area (Å²) in [6.45, 7) is 2.12. The van der Waals surface area contributed by atoms with Crippen LogP contribution in [0.2, 0.25) is 0 Å². The molecule has 11 heavy (non-hydrogen) atoms. The number of hydrogen-bond donors (Lipinski definition) is 2. The Hall–Kier alpha value is -1.31. The van der Waals surface area contributed by atoms with E-state index in [1.807, 2.05) is 12.3 Å². The molecule has 0 amide bonds. The molecule has 2 N–H and O–H groups in total. The molecule has 0 saturated heterocycles. The third-order valence-electron chi connectivity index (χ3n) is 1.55. The molecule has 0 fully saturated rings. The van der Waals surface area contributed by atoms with Crippen molar-refractivity contribution in [2.24, 2.45) is 0 Å². The van der Waals surface area contributed by atoms with Gasteiger partial charge in [0.15, 0.2) is 0 Å². The zero-order chi connectivity index (χ0) is 8.10. The van der Waals surface area contributed by atoms with E-state index in [4.69, 9.17) is 5.41 Å². The summed E-state index contributed by atoms with van der Waals surface area (Å²) >= 11 is 0. The molecule has 0 aliphatic heterocycles. The predicted molar refractivity (Wildman–Crippen MR) is 48.0 cm³/mol. The molecular formula is C9H12N2. The minimum atomic E-state index is 1.05. The van der Waals surface area contributed by atoms with Crippen molar-refractivity contribution in [1.82, 2.24) is 4.98 Å². The van der Waals surface area contributed by atoms with Gasteiger partial charge in [-0.2, -0.15) is 0 Å². The lowest BCUT2D eigenvalue weighted by Crippen LogP contribution is -1.68. The van der Waals surface area contributed by atoms with Crippen LogP contribution in [0.25, 0.3) is 6.08 Å². The molecule has 0 bridgehead atoms. The van der Waals surface area contributed by atoms with Crippen molar-refractivity contribution in [3.8, 4) is 0 Å². The highest BCUT2D eigenvalue weighted by Gasteiger charge is 1.91. The Balaban J connectivity index is 2.72. The van der Waals surface area contributed by atoms with E-state index in [1.54, 1.807) is 6.08 Å². The molecule has 2 nitrogen and oxygen atoms in total. The minimum Gasteiger partial charge on any atom is -0.361 e. The Kier molecular flexibility index (Phi) is 2.66. The second-order valence-electron chi connectivity index (χ2n) is 2.34. The molecule has 1 rings (SSSR count). The summed E-state index contributed by atoms with van der Waals surface area (Å²) in [5, 5.41) is 6.78. The Bertz CT molecular complexity index is 258. The van der Waals surface area contributed by atoms with Gasteiger partial charge in [0.05, 0.1) is 0 Å². The number of aryl methyl sites for hydroxylation is 1. The van der Waals surface area contributed by atoms with E-state index in [1.165, 1.54) is 11.8 Å². The van der Waals surface area contributed by atoms with Gasteiger partial charge in [-0.05, 0) is 30.2 Å². The molecule has 0 unspecified atom stereocenters. The van der Waals surface area contributed by atoms with E-state index in [0.717, 1.165) is 12.1 Å². The second kappa shape index (κ2) is 3.76. The lowest BCUT2D eigenvalue weighted by molar-refractivity contribution is 1.14. The molecule has 0 saturated carbocycles. The van der Waals surface area contributed by atoms with Crippen LogP contribution in [0.3, 0.4) is 0 Å². The van der Waals surface area contributed by atoms with Gasteiger partial charge in [-0.3, -0.25) is 0 Å². The van der Waals surface area contributed by atoms with Gasteiger partial charge in [0, 0.05) is 18.1 Å². The Morgan fingerprint density at radius 1 is 1.64 bits per heavy atom. The SMILES string of the molecule is CCc1c[nH]c(/C=C\C=N)c1. The zero-order valence-electron chi connectivity index (χ0n) is 6.59. The van der Waals surface area contributed by atoms with Gasteiger partial charge in [0.2, 0.25) is 0 Å². The first kappa shape index (κ1) is 7.79. The molecule has 0 aliphatic rings. The summed E-state index contributed by atoms with van der Waals surface area (Å²) in [6, 6.07) is 2.08. The maximum absolute atomic E-state index is 6.78. The molecule has 1 aromatic heterocycles. The second-order valence-corrected chi connectivity index (χ2v) is 2.34. The van der Waals surface area contributed by atoms with Gasteiger partial charge in [0.25, 0.3) is 0 Å². The molecular weight excluding hydrogens is 136 g/mol. The van der Waals surface area contributed by atoms with Crippen LogP contribution in [0.5, 0.6) is 0 Å². The number of H-pyrrole nitrogens is 1. The molecule has 0 atom stereocenters. The number of nitrogens with one attached hydrogen (secondary N) is 2. The number of allylic oxidation sites excluding steroid dienone is 1. The maximum atomic E-state index is 6.78. The van der Waals surface area contributed by atoms with Crippen LogP contribution < -0.4 is 0 Å². The van der Waals surface area contributed by atoms with Gasteiger partial charge < -0.3 is 10.4 Å². The average molecular weight is 148 g/mol. The quantitative estimate of drug-likeness (QED) is 0.617. The van der Waals surface area contributed by atoms with Crippen LogP contribution in [-0.2, 0) is 6.42 Å². The maximum Gasteiger partial charge on any atom is 0.0383 e. The van der Waals surface area contributed by atoms with Crippen molar-refractivity contribution >= 4 is 12.3 Å². The van der Waals surface area contributed by atoms with Crippen molar-refractivity contribution in [3.63, 3.8) is 0 Å². The highest BCUT2D eigenvalue weighted by Crippen LogP contribution is 2.04. The van der Waals surface area contributed by atoms with E-state index in [0.29, 0.717) is 0 Å². The van der Waals surface area contributed by atoms with Crippen LogP contribution >= 0.6 is 0 Å². The molecule has 0 spiro atoms. The Morgan fingerprint density at radius 2 is 2.45 bits per heavy atom. The van der Waals surface area contributed by atoms with Crippen molar-refractivity contribution < 1.29 is 0 Å². The highest BCUT2D eigenvalue weighted by atomic mass is 14.7. The number of aromatic nitrogens is 1. The summed E-state index contributed by atoms with van der Waals surface area (Å²) in [5.41, 5.74) is 2.36. The first-order valence-electron chi connectivity index (χ1n) is 3.71. The third-order valence-corrected chi connectivity index (χ3v) is 1.55. The molecule has 0 aliphatic carbocycles. The average Bonchev–Trinajstić information content (AvgIpc) is 2.48.